The third-order valence-electron chi connectivity index (χ3n) is 5.24. The Hall–Kier alpha value is -0.950. The maximum atomic E-state index is 11.6. The largest absolute Gasteiger partial charge is 0.480 e. The zero-order chi connectivity index (χ0) is 21.7. The third-order valence-corrected chi connectivity index (χ3v) is 6.10. The van der Waals surface area contributed by atoms with Crippen molar-refractivity contribution in [1.29, 1.82) is 0 Å². The van der Waals surface area contributed by atoms with Crippen molar-refractivity contribution < 1.29 is 23.5 Å². The van der Waals surface area contributed by atoms with Gasteiger partial charge in [0.15, 0.2) is 16.3 Å². The number of nitrogens with one attached hydrogen (secondary N) is 1. The summed E-state index contributed by atoms with van der Waals surface area (Å²) >= 11 is -2.53. The minimum Gasteiger partial charge on any atom is -0.480 e. The number of aliphatic carboxylic acids is 1. The Morgan fingerprint density at radius 2 is 1.14 bits per heavy atom. The molecule has 7 heteroatoms. The van der Waals surface area contributed by atoms with Gasteiger partial charge < -0.3 is 15.0 Å². The summed E-state index contributed by atoms with van der Waals surface area (Å²) in [5.41, 5.74) is 0. The first-order valence-electron chi connectivity index (χ1n) is 11.6. The molecule has 0 aliphatic rings. The molecular formula is C22H43NO5S. The minimum atomic E-state index is -2.53. The Kier molecular flexibility index (Phi) is 19.7. The Balaban J connectivity index is 3.32. The van der Waals surface area contributed by atoms with Gasteiger partial charge in [-0.3, -0.25) is 9.59 Å². The highest BCUT2D eigenvalue weighted by atomic mass is 32.2. The molecule has 172 valence electrons. The number of unbranched alkanes of at least 4 members (excludes halogenated alkanes) is 15. The molecular weight excluding hydrogens is 390 g/mol. The highest BCUT2D eigenvalue weighted by molar-refractivity contribution is 7.80. The summed E-state index contributed by atoms with van der Waals surface area (Å²) in [5.74, 6) is -1.91. The van der Waals surface area contributed by atoms with Crippen molar-refractivity contribution in [3.05, 3.63) is 0 Å². The van der Waals surface area contributed by atoms with Crippen LogP contribution in [0.25, 0.3) is 0 Å². The lowest BCUT2D eigenvalue weighted by Gasteiger charge is -2.09. The number of hydrogen-bond donors (Lipinski definition) is 3. The molecule has 0 saturated heterocycles. The first-order valence-corrected chi connectivity index (χ1v) is 12.7. The van der Waals surface area contributed by atoms with Crippen LogP contribution in [0.4, 0.5) is 0 Å². The smallest absolute Gasteiger partial charge is 0.322 e. The summed E-state index contributed by atoms with van der Waals surface area (Å²) in [6.07, 6.45) is 20.1. The van der Waals surface area contributed by atoms with E-state index < -0.39 is 34.6 Å². The molecule has 0 aromatic rings. The predicted octanol–water partition coefficient (Wildman–Crippen LogP) is 5.43. The summed E-state index contributed by atoms with van der Waals surface area (Å²) in [7, 11) is 0. The lowest BCUT2D eigenvalue weighted by molar-refractivity contribution is -0.138. The number of carbonyl (C=O) groups is 2. The van der Waals surface area contributed by atoms with Crippen LogP contribution in [0.3, 0.4) is 0 Å². The van der Waals surface area contributed by atoms with E-state index in [4.69, 9.17) is 9.66 Å². The predicted molar refractivity (Wildman–Crippen MR) is 119 cm³/mol. The summed E-state index contributed by atoms with van der Waals surface area (Å²) < 4.78 is 19.7. The van der Waals surface area contributed by atoms with Gasteiger partial charge in [0.25, 0.3) is 0 Å². The quantitative estimate of drug-likeness (QED) is 0.165. The summed E-state index contributed by atoms with van der Waals surface area (Å²) in [5, 5.41) is 9.85. The number of rotatable bonds is 21. The topological polar surface area (TPSA) is 104 Å². The Morgan fingerprint density at radius 3 is 1.48 bits per heavy atom. The van der Waals surface area contributed by atoms with Gasteiger partial charge in [-0.25, -0.2) is 4.21 Å². The lowest BCUT2D eigenvalue weighted by atomic mass is 10.0. The molecule has 29 heavy (non-hydrogen) atoms. The van der Waals surface area contributed by atoms with E-state index in [9.17, 15) is 13.8 Å². The highest BCUT2D eigenvalue weighted by Crippen LogP contribution is 2.13. The van der Waals surface area contributed by atoms with Gasteiger partial charge in [0, 0.05) is 6.54 Å². The van der Waals surface area contributed by atoms with E-state index >= 15 is 0 Å². The third kappa shape index (κ3) is 18.8. The van der Waals surface area contributed by atoms with Crippen molar-refractivity contribution in [3.63, 3.8) is 0 Å². The second kappa shape index (κ2) is 20.3. The normalized spacial score (nSPS) is 13.2. The van der Waals surface area contributed by atoms with Gasteiger partial charge in [-0.05, 0) is 6.42 Å². The van der Waals surface area contributed by atoms with Gasteiger partial charge in [-0.1, -0.05) is 103 Å². The van der Waals surface area contributed by atoms with E-state index in [0.29, 0.717) is 6.54 Å². The molecule has 2 atom stereocenters. The van der Waals surface area contributed by atoms with E-state index in [0.717, 1.165) is 19.3 Å². The molecule has 0 aliphatic heterocycles. The van der Waals surface area contributed by atoms with Crippen LogP contribution in [0.1, 0.15) is 116 Å². The van der Waals surface area contributed by atoms with Gasteiger partial charge in [-0.2, -0.15) is 0 Å². The fourth-order valence-electron chi connectivity index (χ4n) is 3.39. The average Bonchev–Trinajstić information content (AvgIpc) is 2.68. The minimum absolute atomic E-state index is 0.461. The Bertz CT molecular complexity index is 431. The van der Waals surface area contributed by atoms with Gasteiger partial charge in [0.05, 0.1) is 6.42 Å². The molecule has 0 aliphatic carbocycles. The van der Waals surface area contributed by atoms with Crippen LogP contribution in [0.15, 0.2) is 0 Å². The lowest BCUT2D eigenvalue weighted by Crippen LogP contribution is -2.34. The molecule has 0 rings (SSSR count). The van der Waals surface area contributed by atoms with E-state index in [1.54, 1.807) is 0 Å². The highest BCUT2D eigenvalue weighted by Gasteiger charge is 2.26. The summed E-state index contributed by atoms with van der Waals surface area (Å²) in [6, 6.07) is 0. The molecule has 0 aromatic heterocycles. The van der Waals surface area contributed by atoms with Crippen molar-refractivity contribution in [3.8, 4) is 0 Å². The fourth-order valence-corrected chi connectivity index (χ4v) is 3.85. The summed E-state index contributed by atoms with van der Waals surface area (Å²) in [6.45, 7) is 2.74. The van der Waals surface area contributed by atoms with Crippen LogP contribution >= 0.6 is 0 Å². The Morgan fingerprint density at radius 1 is 0.759 bits per heavy atom. The van der Waals surface area contributed by atoms with Gasteiger partial charge in [0.1, 0.15) is 0 Å². The number of amides is 1. The average molecular weight is 434 g/mol. The van der Waals surface area contributed by atoms with E-state index in [1.807, 2.05) is 0 Å². The van der Waals surface area contributed by atoms with Crippen LogP contribution in [0.5, 0.6) is 0 Å². The molecule has 0 saturated carbocycles. The molecule has 0 radical (unpaired) electrons. The zero-order valence-corrected chi connectivity index (χ0v) is 19.1. The molecule has 2 unspecified atom stereocenters. The van der Waals surface area contributed by atoms with E-state index in [2.05, 4.69) is 12.2 Å². The van der Waals surface area contributed by atoms with Crippen LogP contribution in [-0.2, 0) is 20.7 Å². The molecule has 1 amide bonds. The molecule has 0 spiro atoms. The van der Waals surface area contributed by atoms with Crippen LogP contribution < -0.4 is 5.32 Å². The van der Waals surface area contributed by atoms with Crippen LogP contribution in [0, 0.1) is 0 Å². The van der Waals surface area contributed by atoms with E-state index in [-0.39, 0.29) is 0 Å². The molecule has 3 N–H and O–H groups in total. The van der Waals surface area contributed by atoms with E-state index in [1.165, 1.54) is 83.5 Å². The van der Waals surface area contributed by atoms with Gasteiger partial charge in [0.2, 0.25) is 5.91 Å². The van der Waals surface area contributed by atoms with Crippen molar-refractivity contribution >= 4 is 23.0 Å². The molecule has 0 bridgehead atoms. The fraction of sp³-hybridized carbons (Fsp3) is 0.909. The summed E-state index contributed by atoms with van der Waals surface area (Å²) in [4.78, 5) is 22.4. The van der Waals surface area contributed by atoms with Crippen molar-refractivity contribution in [2.24, 2.45) is 0 Å². The second-order valence-electron chi connectivity index (χ2n) is 7.96. The van der Waals surface area contributed by atoms with Crippen molar-refractivity contribution in [2.45, 2.75) is 121 Å². The van der Waals surface area contributed by atoms with Crippen LogP contribution in [0.2, 0.25) is 0 Å². The molecule has 0 heterocycles. The van der Waals surface area contributed by atoms with Crippen LogP contribution in [-0.4, -0.2) is 37.5 Å². The van der Waals surface area contributed by atoms with Gasteiger partial charge in [-0.15, -0.1) is 0 Å². The molecule has 6 nitrogen and oxygen atoms in total. The van der Waals surface area contributed by atoms with Crippen molar-refractivity contribution in [2.75, 3.05) is 6.54 Å². The first-order chi connectivity index (χ1) is 14.0. The number of carboxylic acid groups (broad SMARTS) is 1. The zero-order valence-electron chi connectivity index (χ0n) is 18.3. The van der Waals surface area contributed by atoms with Crippen molar-refractivity contribution in [1.82, 2.24) is 5.32 Å². The maximum Gasteiger partial charge on any atom is 0.322 e. The SMILES string of the molecule is CCCCCCCCCCCCCCCCCCNC(=O)CC(C(=O)O)S(=O)O. The number of carboxylic acids is 1. The first kappa shape index (κ1) is 28.1. The number of hydrogen-bond acceptors (Lipinski definition) is 3. The second-order valence-corrected chi connectivity index (χ2v) is 9.08. The maximum absolute atomic E-state index is 11.6. The molecule has 0 fully saturated rings. The standard InChI is InChI=1S/C22H43NO5S/c1-2-3-4-5-6-7-8-9-10-11-12-13-14-15-16-17-18-23-21(24)19-20(22(25)26)29(27)28/h20H,2-19H2,1H3,(H,23,24)(H,25,26)(H,27,28). The number of carbonyl (C=O) groups excluding carboxylic acids is 1. The molecule has 0 aromatic carbocycles. The monoisotopic (exact) mass is 433 g/mol. The van der Waals surface area contributed by atoms with Gasteiger partial charge >= 0.3 is 5.97 Å². The Labute approximate surface area is 179 Å².